The number of thiophene rings is 1. The zero-order valence-corrected chi connectivity index (χ0v) is 15.1. The van der Waals surface area contributed by atoms with E-state index in [-0.39, 0.29) is 18.3 Å². The summed E-state index contributed by atoms with van der Waals surface area (Å²) in [6.45, 7) is 2.45. The molecule has 1 aromatic carbocycles. The van der Waals surface area contributed by atoms with Gasteiger partial charge in [0.2, 0.25) is 0 Å². The summed E-state index contributed by atoms with van der Waals surface area (Å²) in [5, 5.41) is 6.27. The maximum atomic E-state index is 12.5. The zero-order valence-electron chi connectivity index (χ0n) is 13.5. The van der Waals surface area contributed by atoms with Gasteiger partial charge in [0.25, 0.3) is 5.91 Å². The number of nitrogens with one attached hydrogen (secondary N) is 2. The summed E-state index contributed by atoms with van der Waals surface area (Å²) in [6, 6.07) is 12.0. The second kappa shape index (κ2) is 8.87. The van der Waals surface area contributed by atoms with Crippen molar-refractivity contribution in [1.82, 2.24) is 10.6 Å². The molecule has 0 spiro atoms. The molecule has 0 saturated carbocycles. The van der Waals surface area contributed by atoms with E-state index in [1.165, 1.54) is 16.9 Å². The molecule has 0 saturated heterocycles. The van der Waals surface area contributed by atoms with Gasteiger partial charge in [-0.25, -0.2) is 0 Å². The summed E-state index contributed by atoms with van der Waals surface area (Å²) < 4.78 is 5.39. The van der Waals surface area contributed by atoms with Crippen molar-refractivity contribution in [3.05, 3.63) is 52.9 Å². The van der Waals surface area contributed by atoms with Crippen molar-refractivity contribution in [2.24, 2.45) is 0 Å². The van der Waals surface area contributed by atoms with E-state index in [0.29, 0.717) is 17.2 Å². The molecule has 6 heteroatoms. The third-order valence-electron chi connectivity index (χ3n) is 3.82. The Morgan fingerprint density at radius 2 is 2.12 bits per heavy atom. The van der Waals surface area contributed by atoms with Gasteiger partial charge in [-0.3, -0.25) is 4.79 Å². The van der Waals surface area contributed by atoms with Gasteiger partial charge in [-0.2, -0.15) is 0 Å². The van der Waals surface area contributed by atoms with Crippen LogP contribution in [0.25, 0.3) is 10.4 Å². The molecule has 1 aliphatic heterocycles. The average Bonchev–Trinajstić information content (AvgIpc) is 3.06. The Morgan fingerprint density at radius 1 is 1.33 bits per heavy atom. The SMILES string of the molecule is COc1cc(-c2ccccc2)sc1C(=O)NCC1=CCNCC1.Cl. The summed E-state index contributed by atoms with van der Waals surface area (Å²) in [6.07, 6.45) is 3.13. The van der Waals surface area contributed by atoms with E-state index < -0.39 is 0 Å². The van der Waals surface area contributed by atoms with Gasteiger partial charge in [0.1, 0.15) is 10.6 Å². The summed E-state index contributed by atoms with van der Waals surface area (Å²) in [7, 11) is 1.60. The van der Waals surface area contributed by atoms with Crippen molar-refractivity contribution in [1.29, 1.82) is 0 Å². The van der Waals surface area contributed by atoms with Crippen LogP contribution in [0.5, 0.6) is 5.75 Å². The van der Waals surface area contributed by atoms with Gasteiger partial charge in [0, 0.05) is 18.0 Å². The number of hydrogen-bond acceptors (Lipinski definition) is 4. The molecular weight excluding hydrogens is 344 g/mol. The van der Waals surface area contributed by atoms with Crippen LogP contribution < -0.4 is 15.4 Å². The van der Waals surface area contributed by atoms with Gasteiger partial charge in [0.15, 0.2) is 0 Å². The third-order valence-corrected chi connectivity index (χ3v) is 4.98. The number of halogens is 1. The number of amides is 1. The number of carbonyl (C=O) groups excluding carboxylic acids is 1. The molecule has 3 rings (SSSR count). The van der Waals surface area contributed by atoms with Crippen LogP contribution in [-0.2, 0) is 0 Å². The number of benzene rings is 1. The lowest BCUT2D eigenvalue weighted by Gasteiger charge is -2.14. The minimum Gasteiger partial charge on any atom is -0.495 e. The molecule has 24 heavy (non-hydrogen) atoms. The Labute approximate surface area is 152 Å². The van der Waals surface area contributed by atoms with Crippen LogP contribution in [0.1, 0.15) is 16.1 Å². The maximum absolute atomic E-state index is 12.5. The topological polar surface area (TPSA) is 50.4 Å². The van der Waals surface area contributed by atoms with Crippen LogP contribution in [0.2, 0.25) is 0 Å². The first kappa shape index (κ1) is 18.5. The van der Waals surface area contributed by atoms with Crippen molar-refractivity contribution >= 4 is 29.7 Å². The van der Waals surface area contributed by atoms with Crippen LogP contribution in [0.3, 0.4) is 0 Å². The smallest absolute Gasteiger partial charge is 0.265 e. The van der Waals surface area contributed by atoms with Gasteiger partial charge in [-0.1, -0.05) is 42.0 Å². The Balaban J connectivity index is 0.00000208. The van der Waals surface area contributed by atoms with Gasteiger partial charge < -0.3 is 15.4 Å². The van der Waals surface area contributed by atoms with E-state index in [1.54, 1.807) is 7.11 Å². The lowest BCUT2D eigenvalue weighted by Crippen LogP contribution is -2.29. The molecule has 1 aromatic heterocycles. The van der Waals surface area contributed by atoms with Crippen molar-refractivity contribution in [3.8, 4) is 16.2 Å². The lowest BCUT2D eigenvalue weighted by atomic mass is 10.1. The summed E-state index contributed by atoms with van der Waals surface area (Å²) in [4.78, 5) is 14.1. The molecule has 1 amide bonds. The average molecular weight is 365 g/mol. The zero-order chi connectivity index (χ0) is 16.1. The highest BCUT2D eigenvalue weighted by Crippen LogP contribution is 2.36. The van der Waals surface area contributed by atoms with Gasteiger partial charge in [-0.05, 0) is 24.6 Å². The summed E-state index contributed by atoms with van der Waals surface area (Å²) in [5.74, 6) is 0.555. The predicted molar refractivity (Wildman–Crippen MR) is 101 cm³/mol. The second-order valence-corrected chi connectivity index (χ2v) is 6.43. The van der Waals surface area contributed by atoms with Gasteiger partial charge in [-0.15, -0.1) is 23.7 Å². The van der Waals surface area contributed by atoms with E-state index in [9.17, 15) is 4.79 Å². The fourth-order valence-corrected chi connectivity index (χ4v) is 3.58. The first-order chi connectivity index (χ1) is 11.3. The molecule has 4 nitrogen and oxygen atoms in total. The largest absolute Gasteiger partial charge is 0.495 e. The molecule has 128 valence electrons. The molecule has 0 atom stereocenters. The van der Waals surface area contributed by atoms with E-state index >= 15 is 0 Å². The Bertz CT molecular complexity index is 713. The first-order valence-electron chi connectivity index (χ1n) is 7.68. The minimum atomic E-state index is -0.0755. The van der Waals surface area contributed by atoms with Crippen molar-refractivity contribution in [3.63, 3.8) is 0 Å². The molecule has 2 heterocycles. The summed E-state index contributed by atoms with van der Waals surface area (Å²) >= 11 is 1.46. The van der Waals surface area contributed by atoms with Crippen LogP contribution >= 0.6 is 23.7 Å². The molecule has 1 aliphatic rings. The normalized spacial score (nSPS) is 13.6. The van der Waals surface area contributed by atoms with Crippen LogP contribution in [0.15, 0.2) is 48.0 Å². The van der Waals surface area contributed by atoms with E-state index in [1.807, 2.05) is 36.4 Å². The van der Waals surface area contributed by atoms with E-state index in [2.05, 4.69) is 16.7 Å². The molecule has 0 bridgehead atoms. The van der Waals surface area contributed by atoms with Crippen LogP contribution in [0.4, 0.5) is 0 Å². The van der Waals surface area contributed by atoms with Crippen LogP contribution in [0, 0.1) is 0 Å². The lowest BCUT2D eigenvalue weighted by molar-refractivity contribution is 0.0958. The quantitative estimate of drug-likeness (QED) is 0.798. The highest BCUT2D eigenvalue weighted by atomic mass is 35.5. The maximum Gasteiger partial charge on any atom is 0.265 e. The fourth-order valence-electron chi connectivity index (χ4n) is 2.53. The molecule has 0 fully saturated rings. The van der Waals surface area contributed by atoms with Crippen molar-refractivity contribution in [2.45, 2.75) is 6.42 Å². The minimum absolute atomic E-state index is 0. The van der Waals surface area contributed by atoms with Crippen LogP contribution in [-0.4, -0.2) is 32.7 Å². The van der Waals surface area contributed by atoms with E-state index in [0.717, 1.165) is 30.0 Å². The number of rotatable bonds is 5. The third kappa shape index (κ3) is 4.38. The Kier molecular flexibility index (Phi) is 6.85. The molecule has 0 aliphatic carbocycles. The number of methoxy groups -OCH3 is 1. The molecule has 0 radical (unpaired) electrons. The number of hydrogen-bond donors (Lipinski definition) is 2. The monoisotopic (exact) mass is 364 g/mol. The predicted octanol–water partition coefficient (Wildman–Crippen LogP) is 3.50. The van der Waals surface area contributed by atoms with E-state index in [4.69, 9.17) is 4.74 Å². The summed E-state index contributed by atoms with van der Waals surface area (Å²) in [5.41, 5.74) is 2.37. The van der Waals surface area contributed by atoms with Gasteiger partial charge in [0.05, 0.1) is 7.11 Å². The highest BCUT2D eigenvalue weighted by molar-refractivity contribution is 7.17. The van der Waals surface area contributed by atoms with Crippen molar-refractivity contribution in [2.75, 3.05) is 26.7 Å². The second-order valence-electron chi connectivity index (χ2n) is 5.37. The molecule has 0 unspecified atom stereocenters. The highest BCUT2D eigenvalue weighted by Gasteiger charge is 2.18. The molecule has 2 aromatic rings. The molecular formula is C18H21ClN2O2S. The Morgan fingerprint density at radius 3 is 2.79 bits per heavy atom. The van der Waals surface area contributed by atoms with Gasteiger partial charge >= 0.3 is 0 Å². The molecule has 2 N–H and O–H groups in total. The fraction of sp³-hybridized carbons (Fsp3) is 0.278. The first-order valence-corrected chi connectivity index (χ1v) is 8.49. The number of carbonyl (C=O) groups is 1. The number of ether oxygens (including phenoxy) is 1. The Hall–Kier alpha value is -1.82. The standard InChI is InChI=1S/C18H20N2O2S.ClH/c1-22-15-11-16(14-5-3-2-4-6-14)23-17(15)18(21)20-12-13-7-9-19-10-8-13;/h2-7,11,19H,8-10,12H2,1H3,(H,20,21);1H. The van der Waals surface area contributed by atoms with Crippen molar-refractivity contribution < 1.29 is 9.53 Å².